The van der Waals surface area contributed by atoms with Crippen molar-refractivity contribution in [3.05, 3.63) is 30.1 Å². The molecule has 2 aliphatic rings. The lowest BCUT2D eigenvalue weighted by atomic mass is 10.3. The first-order valence-corrected chi connectivity index (χ1v) is 8.97. The molecule has 0 radical (unpaired) electrons. The molecule has 2 fully saturated rings. The standard InChI is InChI=1S/C18H27N5/c1-2-6-17-16(5-1)19-18(20-17)15-23-13-11-22(12-14-23)10-9-21-7-3-4-8-21/h1-2,5-6H,3-4,7-15H2,(H,19,20). The van der Waals surface area contributed by atoms with Crippen LogP contribution in [0.4, 0.5) is 0 Å². The number of para-hydroxylation sites is 2. The van der Waals surface area contributed by atoms with Crippen molar-refractivity contribution in [2.24, 2.45) is 0 Å². The molecule has 4 rings (SSSR count). The summed E-state index contributed by atoms with van der Waals surface area (Å²) < 4.78 is 0. The number of hydrogen-bond acceptors (Lipinski definition) is 4. The van der Waals surface area contributed by atoms with E-state index in [1.54, 1.807) is 0 Å². The van der Waals surface area contributed by atoms with Crippen LogP contribution in [0.3, 0.4) is 0 Å². The molecular formula is C18H27N5. The van der Waals surface area contributed by atoms with Crippen LogP contribution in [-0.4, -0.2) is 77.0 Å². The Morgan fingerprint density at radius 2 is 1.48 bits per heavy atom. The van der Waals surface area contributed by atoms with E-state index in [1.165, 1.54) is 52.1 Å². The van der Waals surface area contributed by atoms with Crippen molar-refractivity contribution >= 4 is 11.0 Å². The lowest BCUT2D eigenvalue weighted by Gasteiger charge is -2.35. The first kappa shape index (κ1) is 15.1. The Morgan fingerprint density at radius 3 is 2.22 bits per heavy atom. The highest BCUT2D eigenvalue weighted by atomic mass is 15.3. The third-order valence-corrected chi connectivity index (χ3v) is 5.21. The van der Waals surface area contributed by atoms with E-state index in [0.717, 1.165) is 36.5 Å². The third kappa shape index (κ3) is 3.74. The topological polar surface area (TPSA) is 38.4 Å². The van der Waals surface area contributed by atoms with Crippen LogP contribution in [0.1, 0.15) is 18.7 Å². The van der Waals surface area contributed by atoms with Crippen LogP contribution in [-0.2, 0) is 6.54 Å². The van der Waals surface area contributed by atoms with Gasteiger partial charge in [-0.3, -0.25) is 9.80 Å². The second kappa shape index (κ2) is 6.99. The fourth-order valence-electron chi connectivity index (χ4n) is 3.75. The van der Waals surface area contributed by atoms with Crippen molar-refractivity contribution in [2.45, 2.75) is 19.4 Å². The molecule has 3 heterocycles. The van der Waals surface area contributed by atoms with Gasteiger partial charge in [0.25, 0.3) is 0 Å². The summed E-state index contributed by atoms with van der Waals surface area (Å²) in [7, 11) is 0. The number of piperazine rings is 1. The molecule has 5 heteroatoms. The van der Waals surface area contributed by atoms with Crippen LogP contribution in [0.5, 0.6) is 0 Å². The first-order valence-electron chi connectivity index (χ1n) is 8.97. The highest BCUT2D eigenvalue weighted by Crippen LogP contribution is 2.13. The summed E-state index contributed by atoms with van der Waals surface area (Å²) in [5.41, 5.74) is 2.22. The number of likely N-dealkylation sites (tertiary alicyclic amines) is 1. The van der Waals surface area contributed by atoms with Gasteiger partial charge in [0.1, 0.15) is 5.82 Å². The molecule has 2 saturated heterocycles. The third-order valence-electron chi connectivity index (χ3n) is 5.21. The number of fused-ring (bicyclic) bond motifs is 1. The van der Waals surface area contributed by atoms with Gasteiger partial charge in [0, 0.05) is 39.3 Å². The van der Waals surface area contributed by atoms with E-state index in [9.17, 15) is 0 Å². The predicted molar refractivity (Wildman–Crippen MR) is 93.5 cm³/mol. The van der Waals surface area contributed by atoms with Gasteiger partial charge in [0.05, 0.1) is 17.6 Å². The van der Waals surface area contributed by atoms with Crippen molar-refractivity contribution in [1.29, 1.82) is 0 Å². The maximum atomic E-state index is 4.70. The zero-order valence-corrected chi connectivity index (χ0v) is 13.9. The molecule has 2 aliphatic heterocycles. The minimum atomic E-state index is 0.939. The molecule has 0 unspecified atom stereocenters. The summed E-state index contributed by atoms with van der Waals surface area (Å²) in [5.74, 6) is 1.09. The smallest absolute Gasteiger partial charge is 0.121 e. The Hall–Kier alpha value is -1.43. The molecule has 2 aromatic rings. The van der Waals surface area contributed by atoms with E-state index < -0.39 is 0 Å². The Labute approximate surface area is 138 Å². The Bertz CT molecular complexity index is 590. The van der Waals surface area contributed by atoms with E-state index >= 15 is 0 Å². The number of H-pyrrole nitrogens is 1. The molecule has 0 aliphatic carbocycles. The van der Waals surface area contributed by atoms with Crippen LogP contribution >= 0.6 is 0 Å². The zero-order valence-electron chi connectivity index (χ0n) is 13.9. The minimum Gasteiger partial charge on any atom is -0.341 e. The number of aromatic amines is 1. The predicted octanol–water partition coefficient (Wildman–Crippen LogP) is 1.78. The second-order valence-corrected chi connectivity index (χ2v) is 6.87. The molecule has 0 bridgehead atoms. The highest BCUT2D eigenvalue weighted by molar-refractivity contribution is 5.74. The molecule has 0 spiro atoms. The molecule has 23 heavy (non-hydrogen) atoms. The van der Waals surface area contributed by atoms with E-state index in [-0.39, 0.29) is 0 Å². The quantitative estimate of drug-likeness (QED) is 0.913. The minimum absolute atomic E-state index is 0.939. The first-order chi connectivity index (χ1) is 11.4. The fourth-order valence-corrected chi connectivity index (χ4v) is 3.75. The summed E-state index contributed by atoms with van der Waals surface area (Å²) in [5, 5.41) is 0. The van der Waals surface area contributed by atoms with E-state index in [4.69, 9.17) is 4.98 Å². The van der Waals surface area contributed by atoms with Crippen molar-refractivity contribution < 1.29 is 0 Å². The number of imidazole rings is 1. The number of nitrogens with zero attached hydrogens (tertiary/aromatic N) is 4. The van der Waals surface area contributed by atoms with Gasteiger partial charge < -0.3 is 9.88 Å². The monoisotopic (exact) mass is 313 g/mol. The lowest BCUT2D eigenvalue weighted by molar-refractivity contribution is 0.116. The molecule has 1 aromatic carbocycles. The number of nitrogens with one attached hydrogen (secondary N) is 1. The van der Waals surface area contributed by atoms with Crippen molar-refractivity contribution in [3.8, 4) is 0 Å². The molecule has 0 atom stereocenters. The van der Waals surface area contributed by atoms with Crippen LogP contribution in [0.15, 0.2) is 24.3 Å². The van der Waals surface area contributed by atoms with E-state index in [1.807, 2.05) is 6.07 Å². The fraction of sp³-hybridized carbons (Fsp3) is 0.611. The number of hydrogen-bond donors (Lipinski definition) is 1. The number of rotatable bonds is 5. The Balaban J connectivity index is 1.24. The van der Waals surface area contributed by atoms with Gasteiger partial charge in [-0.1, -0.05) is 12.1 Å². The molecular weight excluding hydrogens is 286 g/mol. The average Bonchev–Trinajstić information content (AvgIpc) is 3.23. The number of aromatic nitrogens is 2. The lowest BCUT2D eigenvalue weighted by Crippen LogP contribution is -2.47. The Morgan fingerprint density at radius 1 is 0.826 bits per heavy atom. The average molecular weight is 313 g/mol. The normalized spacial score (nSPS) is 21.4. The van der Waals surface area contributed by atoms with Gasteiger partial charge in [-0.05, 0) is 38.1 Å². The molecule has 1 aromatic heterocycles. The van der Waals surface area contributed by atoms with Crippen molar-refractivity contribution in [3.63, 3.8) is 0 Å². The molecule has 1 N–H and O–H groups in total. The van der Waals surface area contributed by atoms with Crippen LogP contribution in [0.2, 0.25) is 0 Å². The van der Waals surface area contributed by atoms with E-state index in [2.05, 4.69) is 37.9 Å². The van der Waals surface area contributed by atoms with Gasteiger partial charge in [-0.2, -0.15) is 0 Å². The molecule has 5 nitrogen and oxygen atoms in total. The largest absolute Gasteiger partial charge is 0.341 e. The summed E-state index contributed by atoms with van der Waals surface area (Å²) in [6.07, 6.45) is 2.79. The van der Waals surface area contributed by atoms with Gasteiger partial charge in [-0.15, -0.1) is 0 Å². The number of benzene rings is 1. The van der Waals surface area contributed by atoms with Gasteiger partial charge in [0.2, 0.25) is 0 Å². The van der Waals surface area contributed by atoms with Gasteiger partial charge >= 0.3 is 0 Å². The maximum Gasteiger partial charge on any atom is 0.121 e. The summed E-state index contributed by atoms with van der Waals surface area (Å²) in [4.78, 5) is 15.9. The highest BCUT2D eigenvalue weighted by Gasteiger charge is 2.19. The maximum absolute atomic E-state index is 4.70. The summed E-state index contributed by atoms with van der Waals surface area (Å²) in [6.45, 7) is 10.7. The SMILES string of the molecule is c1ccc2[nH]c(CN3CCN(CCN4CCCC4)CC3)nc2c1. The zero-order chi connectivity index (χ0) is 15.5. The van der Waals surface area contributed by atoms with Crippen molar-refractivity contribution in [2.75, 3.05) is 52.4 Å². The van der Waals surface area contributed by atoms with Crippen LogP contribution < -0.4 is 0 Å². The summed E-state index contributed by atoms with van der Waals surface area (Å²) >= 11 is 0. The molecule has 0 amide bonds. The van der Waals surface area contributed by atoms with E-state index in [0.29, 0.717) is 0 Å². The van der Waals surface area contributed by atoms with Gasteiger partial charge in [-0.25, -0.2) is 4.98 Å². The molecule has 124 valence electrons. The Kier molecular flexibility index (Phi) is 4.60. The summed E-state index contributed by atoms with van der Waals surface area (Å²) in [6, 6.07) is 8.28. The second-order valence-electron chi connectivity index (χ2n) is 6.87. The van der Waals surface area contributed by atoms with Crippen molar-refractivity contribution in [1.82, 2.24) is 24.7 Å². The van der Waals surface area contributed by atoms with Gasteiger partial charge in [0.15, 0.2) is 0 Å². The van der Waals surface area contributed by atoms with Crippen LogP contribution in [0.25, 0.3) is 11.0 Å². The van der Waals surface area contributed by atoms with Crippen LogP contribution in [0, 0.1) is 0 Å². The molecule has 0 saturated carbocycles.